The molecular formula is C15H36O4Si2. The monoisotopic (exact) mass is 336 g/mol. The van der Waals surface area contributed by atoms with E-state index in [1.807, 2.05) is 27.7 Å². The van der Waals surface area contributed by atoms with Crippen molar-refractivity contribution in [2.45, 2.75) is 72.1 Å². The largest absolute Gasteiger partial charge is 0.394 e. The van der Waals surface area contributed by atoms with Gasteiger partial charge in [0, 0.05) is 32.1 Å². The van der Waals surface area contributed by atoms with E-state index in [1.54, 1.807) is 0 Å². The first kappa shape index (κ1) is 21.3. The molecule has 0 aromatic heterocycles. The van der Waals surface area contributed by atoms with Crippen LogP contribution in [0.25, 0.3) is 0 Å². The highest BCUT2D eigenvalue weighted by Crippen LogP contribution is 2.38. The van der Waals surface area contributed by atoms with Crippen LogP contribution in [0.3, 0.4) is 0 Å². The quantitative estimate of drug-likeness (QED) is 0.496. The van der Waals surface area contributed by atoms with Crippen molar-refractivity contribution in [1.29, 1.82) is 0 Å². The van der Waals surface area contributed by atoms with Gasteiger partial charge < -0.3 is 17.7 Å². The second-order valence-corrected chi connectivity index (χ2v) is 14.0. The van der Waals surface area contributed by atoms with Gasteiger partial charge in [-0.15, -0.1) is 0 Å². The molecule has 0 saturated carbocycles. The van der Waals surface area contributed by atoms with E-state index >= 15 is 0 Å². The summed E-state index contributed by atoms with van der Waals surface area (Å²) in [4.78, 5) is 0. The molecule has 0 rings (SSSR count). The summed E-state index contributed by atoms with van der Waals surface area (Å²) in [5, 5.41) is 0. The molecule has 0 unspecified atom stereocenters. The molecule has 0 heterocycles. The van der Waals surface area contributed by atoms with Gasteiger partial charge >= 0.3 is 17.1 Å². The normalized spacial score (nSPS) is 13.4. The van der Waals surface area contributed by atoms with Crippen LogP contribution in [-0.2, 0) is 17.7 Å². The van der Waals surface area contributed by atoms with Crippen LogP contribution < -0.4 is 0 Å². The fourth-order valence-corrected chi connectivity index (χ4v) is 13.8. The Kier molecular flexibility index (Phi) is 10.3. The van der Waals surface area contributed by atoms with Gasteiger partial charge in [-0.2, -0.15) is 0 Å². The summed E-state index contributed by atoms with van der Waals surface area (Å²) in [5.74, 6) is 0. The molecule has 0 aliphatic carbocycles. The maximum absolute atomic E-state index is 6.22. The van der Waals surface area contributed by atoms with E-state index in [1.165, 1.54) is 0 Å². The average Bonchev–Trinajstić information content (AvgIpc) is 2.39. The third-order valence-corrected chi connectivity index (χ3v) is 14.4. The third kappa shape index (κ3) is 5.76. The zero-order valence-electron chi connectivity index (χ0n) is 15.3. The van der Waals surface area contributed by atoms with Crippen LogP contribution in [0.1, 0.15) is 55.4 Å². The minimum absolute atomic E-state index is 0.379. The van der Waals surface area contributed by atoms with Crippen LogP contribution in [0.15, 0.2) is 0 Å². The molecule has 0 N–H and O–H groups in total. The zero-order valence-corrected chi connectivity index (χ0v) is 17.3. The number of rotatable bonds is 12. The van der Waals surface area contributed by atoms with Crippen molar-refractivity contribution in [2.75, 3.05) is 26.4 Å². The van der Waals surface area contributed by atoms with Gasteiger partial charge in [0.05, 0.1) is 0 Å². The fraction of sp³-hybridized carbons (Fsp3) is 1.00. The van der Waals surface area contributed by atoms with Gasteiger partial charge in [-0.25, -0.2) is 0 Å². The van der Waals surface area contributed by atoms with Crippen molar-refractivity contribution in [3.63, 3.8) is 0 Å². The molecule has 0 aliphatic heterocycles. The molecule has 0 radical (unpaired) electrons. The number of hydrogen-bond acceptors (Lipinski definition) is 4. The van der Waals surface area contributed by atoms with Crippen molar-refractivity contribution in [2.24, 2.45) is 0 Å². The minimum Gasteiger partial charge on any atom is -0.394 e. The van der Waals surface area contributed by atoms with E-state index in [9.17, 15) is 0 Å². The van der Waals surface area contributed by atoms with E-state index in [0.29, 0.717) is 37.5 Å². The molecule has 0 amide bonds. The Bertz CT molecular complexity index is 234. The van der Waals surface area contributed by atoms with Gasteiger partial charge in [0.2, 0.25) is 0 Å². The lowest BCUT2D eigenvalue weighted by atomic mass is 10.6. The standard InChI is InChI=1S/C15H36O4Si2/c1-9-16-20(14(5)6,17-10-2)13-21(15(7)8,18-11-3)19-12-4/h14-15H,9-13H2,1-8H3. The minimum atomic E-state index is -2.33. The number of hydrogen-bond donors (Lipinski definition) is 0. The lowest BCUT2D eigenvalue weighted by Crippen LogP contribution is -2.58. The van der Waals surface area contributed by atoms with E-state index in [4.69, 9.17) is 17.7 Å². The molecule has 6 heteroatoms. The van der Waals surface area contributed by atoms with E-state index in [-0.39, 0.29) is 0 Å². The average molecular weight is 337 g/mol. The van der Waals surface area contributed by atoms with Gasteiger partial charge in [-0.3, -0.25) is 0 Å². The summed E-state index contributed by atoms with van der Waals surface area (Å²) in [6.07, 6.45) is 0. The highest BCUT2D eigenvalue weighted by molar-refractivity contribution is 6.87. The van der Waals surface area contributed by atoms with Gasteiger partial charge in [-0.1, -0.05) is 27.7 Å². The van der Waals surface area contributed by atoms with Crippen LogP contribution in [0, 0.1) is 0 Å². The molecule has 4 nitrogen and oxygen atoms in total. The predicted molar refractivity (Wildman–Crippen MR) is 93.0 cm³/mol. The van der Waals surface area contributed by atoms with Gasteiger partial charge in [0.1, 0.15) is 0 Å². The van der Waals surface area contributed by atoms with Crippen molar-refractivity contribution >= 4 is 17.1 Å². The Balaban J connectivity index is 5.54. The van der Waals surface area contributed by atoms with Crippen LogP contribution >= 0.6 is 0 Å². The maximum atomic E-state index is 6.22. The first-order valence-electron chi connectivity index (χ1n) is 8.39. The van der Waals surface area contributed by atoms with Crippen molar-refractivity contribution in [3.8, 4) is 0 Å². The summed E-state index contributed by atoms with van der Waals surface area (Å²) in [6, 6.07) is 0. The molecule has 0 fully saturated rings. The maximum Gasteiger partial charge on any atom is 0.342 e. The molecule has 0 aliphatic rings. The Labute approximate surface area is 134 Å². The summed E-state index contributed by atoms with van der Waals surface area (Å²) in [6.45, 7) is 19.7. The van der Waals surface area contributed by atoms with Crippen LogP contribution in [0.4, 0.5) is 0 Å². The van der Waals surface area contributed by atoms with E-state index < -0.39 is 17.1 Å². The molecule has 0 saturated heterocycles. The molecule has 128 valence electrons. The highest BCUT2D eigenvalue weighted by Gasteiger charge is 2.54. The van der Waals surface area contributed by atoms with E-state index in [2.05, 4.69) is 27.7 Å². The van der Waals surface area contributed by atoms with E-state index in [0.717, 1.165) is 5.67 Å². The first-order valence-corrected chi connectivity index (χ1v) is 12.6. The summed E-state index contributed by atoms with van der Waals surface area (Å²) >= 11 is 0. The topological polar surface area (TPSA) is 36.9 Å². The van der Waals surface area contributed by atoms with Crippen LogP contribution in [0.2, 0.25) is 16.7 Å². The highest BCUT2D eigenvalue weighted by atomic mass is 28.4. The Morgan fingerprint density at radius 3 is 0.952 bits per heavy atom. The molecule has 0 spiro atoms. The Hall–Kier alpha value is 0.274. The van der Waals surface area contributed by atoms with Gasteiger partial charge in [0.25, 0.3) is 0 Å². The predicted octanol–water partition coefficient (Wildman–Crippen LogP) is 4.38. The van der Waals surface area contributed by atoms with Gasteiger partial charge in [-0.05, 0) is 38.8 Å². The Morgan fingerprint density at radius 2 is 0.810 bits per heavy atom. The molecule has 21 heavy (non-hydrogen) atoms. The third-order valence-electron chi connectivity index (χ3n) is 3.81. The lowest BCUT2D eigenvalue weighted by molar-refractivity contribution is 0.154. The second kappa shape index (κ2) is 10.1. The fourth-order valence-electron chi connectivity index (χ4n) is 2.68. The van der Waals surface area contributed by atoms with Crippen molar-refractivity contribution < 1.29 is 17.7 Å². The second-order valence-electron chi connectivity index (χ2n) is 5.84. The molecule has 0 aromatic rings. The molecule has 0 aromatic carbocycles. The SMILES string of the molecule is CCO[Si](C[Si](OCC)(OCC)C(C)C)(OCC)C(C)C. The summed E-state index contributed by atoms with van der Waals surface area (Å²) in [5.41, 5.74) is 1.60. The summed E-state index contributed by atoms with van der Waals surface area (Å²) in [7, 11) is -4.67. The summed E-state index contributed by atoms with van der Waals surface area (Å²) < 4.78 is 24.9. The Morgan fingerprint density at radius 1 is 0.571 bits per heavy atom. The molecular weight excluding hydrogens is 300 g/mol. The smallest absolute Gasteiger partial charge is 0.342 e. The van der Waals surface area contributed by atoms with Gasteiger partial charge in [0.15, 0.2) is 0 Å². The lowest BCUT2D eigenvalue weighted by Gasteiger charge is -2.42. The molecule has 0 atom stereocenters. The first-order chi connectivity index (χ1) is 9.84. The zero-order chi connectivity index (χ0) is 16.5. The van der Waals surface area contributed by atoms with Crippen molar-refractivity contribution in [3.05, 3.63) is 0 Å². The van der Waals surface area contributed by atoms with Crippen LogP contribution in [0.5, 0.6) is 0 Å². The van der Waals surface area contributed by atoms with Crippen molar-refractivity contribution in [1.82, 2.24) is 0 Å². The molecule has 0 bridgehead atoms. The van der Waals surface area contributed by atoms with Crippen LogP contribution in [-0.4, -0.2) is 43.5 Å².